The zero-order valence-electron chi connectivity index (χ0n) is 19.7. The third-order valence-electron chi connectivity index (χ3n) is 5.71. The summed E-state index contributed by atoms with van der Waals surface area (Å²) in [5, 5.41) is 37.5. The summed E-state index contributed by atoms with van der Waals surface area (Å²) < 4.78 is 21.9. The maximum absolute atomic E-state index is 11.4. The minimum atomic E-state index is -1.40. The fraction of sp³-hybridized carbons (Fsp3) is 0.391. The fourth-order valence-electron chi connectivity index (χ4n) is 3.91. The monoisotopic (exact) mass is 485 g/mol. The van der Waals surface area contributed by atoms with Crippen molar-refractivity contribution in [1.29, 1.82) is 5.26 Å². The van der Waals surface area contributed by atoms with E-state index in [1.807, 2.05) is 18.3 Å². The number of nitro benzene ring substituents is 1. The van der Waals surface area contributed by atoms with Crippen LogP contribution in [0.15, 0.2) is 47.5 Å². The van der Waals surface area contributed by atoms with Crippen LogP contribution >= 0.6 is 0 Å². The molecule has 3 rings (SSSR count). The third-order valence-corrected chi connectivity index (χ3v) is 5.71. The standard InChI is InChI=1S/C23H27N5O7/c1-23(21(33-3)34-4)20(29)19(17-11-15(28(30)31)7-10-18(17)35-23)27-22(26-13-24)25-12-14-5-8-16(32-2)9-6-14/h5-11,19-21,29H,12H2,1-4H3,(H2,25,26,27)/t19-,20-,23-/m0/s1. The molecule has 0 saturated carbocycles. The van der Waals surface area contributed by atoms with E-state index in [4.69, 9.17) is 18.9 Å². The molecule has 0 radical (unpaired) electrons. The topological polar surface area (TPSA) is 160 Å². The summed E-state index contributed by atoms with van der Waals surface area (Å²) in [7, 11) is 4.38. The Labute approximate surface area is 202 Å². The van der Waals surface area contributed by atoms with E-state index in [0.717, 1.165) is 5.56 Å². The SMILES string of the molecule is COc1ccc(CN=C(NC#N)N[C@H]2c3cc([N+](=O)[O-])ccc3O[C@](C)(C(OC)OC)[C@H]2O)cc1. The van der Waals surface area contributed by atoms with Crippen LogP contribution in [0.3, 0.4) is 0 Å². The molecule has 0 spiro atoms. The third kappa shape index (κ3) is 5.43. The maximum Gasteiger partial charge on any atom is 0.270 e. The molecule has 0 unspecified atom stereocenters. The quantitative estimate of drug-likeness (QED) is 0.0959. The van der Waals surface area contributed by atoms with Crippen LogP contribution in [0.4, 0.5) is 5.69 Å². The van der Waals surface area contributed by atoms with Crippen molar-refractivity contribution < 1.29 is 29.0 Å². The van der Waals surface area contributed by atoms with E-state index in [0.29, 0.717) is 11.3 Å². The zero-order valence-corrected chi connectivity index (χ0v) is 19.7. The van der Waals surface area contributed by atoms with Gasteiger partial charge in [-0.3, -0.25) is 15.4 Å². The van der Waals surface area contributed by atoms with E-state index in [-0.39, 0.29) is 23.9 Å². The number of hydrogen-bond acceptors (Lipinski definition) is 9. The Bertz CT molecular complexity index is 1110. The van der Waals surface area contributed by atoms with Gasteiger partial charge in [0, 0.05) is 31.9 Å². The highest BCUT2D eigenvalue weighted by Crippen LogP contribution is 2.43. The van der Waals surface area contributed by atoms with Gasteiger partial charge < -0.3 is 29.4 Å². The van der Waals surface area contributed by atoms with E-state index in [2.05, 4.69) is 15.6 Å². The first-order valence-corrected chi connectivity index (χ1v) is 10.6. The molecule has 0 fully saturated rings. The largest absolute Gasteiger partial charge is 0.497 e. The molecule has 0 aromatic heterocycles. The van der Waals surface area contributed by atoms with Crippen molar-refractivity contribution in [2.24, 2.45) is 4.99 Å². The van der Waals surface area contributed by atoms with Gasteiger partial charge in [0.1, 0.15) is 17.6 Å². The molecule has 12 heteroatoms. The van der Waals surface area contributed by atoms with Crippen LogP contribution in [0.2, 0.25) is 0 Å². The summed E-state index contributed by atoms with van der Waals surface area (Å²) in [6, 6.07) is 10.3. The predicted octanol–water partition coefficient (Wildman–Crippen LogP) is 1.99. The molecule has 1 aliphatic heterocycles. The van der Waals surface area contributed by atoms with Gasteiger partial charge in [0.15, 0.2) is 18.1 Å². The summed E-state index contributed by atoms with van der Waals surface area (Å²) in [4.78, 5) is 15.3. The van der Waals surface area contributed by atoms with Crippen molar-refractivity contribution in [1.82, 2.24) is 10.6 Å². The maximum atomic E-state index is 11.4. The second-order valence-electron chi connectivity index (χ2n) is 7.89. The van der Waals surface area contributed by atoms with Gasteiger partial charge in [-0.1, -0.05) is 12.1 Å². The number of hydrogen-bond donors (Lipinski definition) is 3. The summed E-state index contributed by atoms with van der Waals surface area (Å²) in [5.74, 6) is 1.03. The van der Waals surface area contributed by atoms with Gasteiger partial charge >= 0.3 is 0 Å². The highest BCUT2D eigenvalue weighted by atomic mass is 16.7. The number of guanidine groups is 1. The van der Waals surface area contributed by atoms with E-state index in [9.17, 15) is 20.5 Å². The van der Waals surface area contributed by atoms with Gasteiger partial charge in [0.25, 0.3) is 5.69 Å². The molecule has 0 aliphatic carbocycles. The molecule has 3 N–H and O–H groups in total. The van der Waals surface area contributed by atoms with Gasteiger partial charge in [-0.05, 0) is 30.7 Å². The van der Waals surface area contributed by atoms with Crippen molar-refractivity contribution in [3.05, 3.63) is 63.7 Å². The molecule has 3 atom stereocenters. The van der Waals surface area contributed by atoms with E-state index < -0.39 is 29.0 Å². The number of nitrogens with zero attached hydrogens (tertiary/aromatic N) is 3. The first kappa shape index (κ1) is 25.7. The normalized spacial score (nSPS) is 21.5. The first-order valence-electron chi connectivity index (χ1n) is 10.6. The van der Waals surface area contributed by atoms with Crippen LogP contribution in [-0.2, 0) is 16.0 Å². The Morgan fingerprint density at radius 1 is 1.29 bits per heavy atom. The minimum absolute atomic E-state index is 0.0560. The smallest absolute Gasteiger partial charge is 0.270 e. The molecular formula is C23H27N5O7. The van der Waals surface area contributed by atoms with E-state index in [1.54, 1.807) is 26.2 Å². The van der Waals surface area contributed by atoms with Gasteiger partial charge in [0.05, 0.1) is 24.6 Å². The average molecular weight is 485 g/mol. The Balaban J connectivity index is 2.00. The van der Waals surface area contributed by atoms with Crippen LogP contribution in [0, 0.1) is 21.6 Å². The van der Waals surface area contributed by atoms with E-state index in [1.165, 1.54) is 32.4 Å². The number of fused-ring (bicyclic) bond motifs is 1. The number of methoxy groups -OCH3 is 3. The second kappa shape index (κ2) is 11.0. The Kier molecular flexibility index (Phi) is 8.08. The molecule has 1 aliphatic rings. The number of nitrogens with one attached hydrogen (secondary N) is 2. The van der Waals surface area contributed by atoms with Crippen LogP contribution in [-0.4, -0.2) is 55.3 Å². The Hall–Kier alpha value is -3.92. The van der Waals surface area contributed by atoms with Gasteiger partial charge in [-0.15, -0.1) is 0 Å². The van der Waals surface area contributed by atoms with Crippen LogP contribution in [0.1, 0.15) is 24.1 Å². The van der Waals surface area contributed by atoms with Crippen molar-refractivity contribution in [2.75, 3.05) is 21.3 Å². The van der Waals surface area contributed by atoms with Crippen LogP contribution in [0.5, 0.6) is 11.5 Å². The number of non-ortho nitro benzene ring substituents is 1. The molecule has 1 heterocycles. The lowest BCUT2D eigenvalue weighted by atomic mass is 9.84. The summed E-state index contributed by atoms with van der Waals surface area (Å²) in [6.07, 6.45) is -0.491. The van der Waals surface area contributed by atoms with Crippen LogP contribution in [0.25, 0.3) is 0 Å². The Morgan fingerprint density at radius 2 is 1.97 bits per heavy atom. The number of aliphatic hydroxyl groups is 1. The highest BCUT2D eigenvalue weighted by Gasteiger charge is 2.52. The fourth-order valence-corrected chi connectivity index (χ4v) is 3.91. The average Bonchev–Trinajstić information content (AvgIpc) is 2.86. The number of nitro groups is 1. The number of benzene rings is 2. The van der Waals surface area contributed by atoms with Gasteiger partial charge in [0.2, 0.25) is 5.96 Å². The lowest BCUT2D eigenvalue weighted by Gasteiger charge is -2.46. The highest BCUT2D eigenvalue weighted by molar-refractivity contribution is 5.82. The van der Waals surface area contributed by atoms with Crippen molar-refractivity contribution in [2.45, 2.75) is 37.5 Å². The molecule has 186 valence electrons. The second-order valence-corrected chi connectivity index (χ2v) is 7.89. The number of nitriles is 1. The number of ether oxygens (including phenoxy) is 4. The van der Waals surface area contributed by atoms with Gasteiger partial charge in [-0.25, -0.2) is 4.99 Å². The van der Waals surface area contributed by atoms with Crippen molar-refractivity contribution >= 4 is 11.6 Å². The minimum Gasteiger partial charge on any atom is -0.497 e. The molecular weight excluding hydrogens is 458 g/mol. The number of aliphatic imine (C=N–C) groups is 1. The predicted molar refractivity (Wildman–Crippen MR) is 125 cm³/mol. The molecule has 0 amide bonds. The molecule has 0 bridgehead atoms. The molecule has 35 heavy (non-hydrogen) atoms. The summed E-state index contributed by atoms with van der Waals surface area (Å²) in [6.45, 7) is 1.80. The Morgan fingerprint density at radius 3 is 2.54 bits per heavy atom. The van der Waals surface area contributed by atoms with Crippen molar-refractivity contribution in [3.63, 3.8) is 0 Å². The molecule has 0 saturated heterocycles. The molecule has 2 aromatic rings. The molecule has 12 nitrogen and oxygen atoms in total. The van der Waals surface area contributed by atoms with Gasteiger partial charge in [-0.2, -0.15) is 5.26 Å². The summed E-state index contributed by atoms with van der Waals surface area (Å²) >= 11 is 0. The molecule has 2 aromatic carbocycles. The zero-order chi connectivity index (χ0) is 25.6. The van der Waals surface area contributed by atoms with E-state index >= 15 is 0 Å². The number of aliphatic hydroxyl groups excluding tert-OH is 1. The number of rotatable bonds is 8. The lowest BCUT2D eigenvalue weighted by Crippen LogP contribution is -2.62. The first-order chi connectivity index (χ1) is 16.8. The van der Waals surface area contributed by atoms with Crippen LogP contribution < -0.4 is 20.1 Å². The summed E-state index contributed by atoms with van der Waals surface area (Å²) in [5.41, 5.74) is -0.433. The van der Waals surface area contributed by atoms with Crippen molar-refractivity contribution in [3.8, 4) is 17.7 Å². The lowest BCUT2D eigenvalue weighted by molar-refractivity contribution is -0.385.